The topological polar surface area (TPSA) is 68.3 Å². The van der Waals surface area contributed by atoms with Crippen LogP contribution >= 0.6 is 22.9 Å². The first-order valence-corrected chi connectivity index (χ1v) is 12.3. The number of hydrogen-bond donors (Lipinski definition) is 1. The Balaban J connectivity index is 1.78. The van der Waals surface area contributed by atoms with Gasteiger partial charge in [-0.2, -0.15) is 0 Å². The van der Waals surface area contributed by atoms with Gasteiger partial charge in [-0.1, -0.05) is 48.9 Å². The number of amides is 1. The SMILES string of the molecule is CCc1c(C)sc(NC(=O)c2cc(-c3ccc(Cl)cc3)nc3ccccc23)c1C(=O)OC(C)C. The van der Waals surface area contributed by atoms with Crippen molar-refractivity contribution in [3.8, 4) is 11.3 Å². The van der Waals surface area contributed by atoms with Gasteiger partial charge in [0.25, 0.3) is 5.91 Å². The number of carbonyl (C=O) groups excluding carboxylic acids is 2. The van der Waals surface area contributed by atoms with Gasteiger partial charge in [0, 0.05) is 20.8 Å². The number of fused-ring (bicyclic) bond motifs is 1. The number of benzene rings is 2. The van der Waals surface area contributed by atoms with Crippen molar-refractivity contribution >= 4 is 50.7 Å². The first-order chi connectivity index (χ1) is 16.3. The van der Waals surface area contributed by atoms with Gasteiger partial charge in [0.1, 0.15) is 5.00 Å². The smallest absolute Gasteiger partial charge is 0.341 e. The van der Waals surface area contributed by atoms with Crippen molar-refractivity contribution in [2.45, 2.75) is 40.2 Å². The Morgan fingerprint density at radius 2 is 1.82 bits per heavy atom. The number of anilines is 1. The molecule has 0 aliphatic carbocycles. The number of ether oxygens (including phenoxy) is 1. The first kappa shape index (κ1) is 23.9. The molecule has 0 aliphatic rings. The van der Waals surface area contributed by atoms with E-state index in [-0.39, 0.29) is 12.0 Å². The number of aryl methyl sites for hydroxylation is 1. The predicted octanol–water partition coefficient (Wildman–Crippen LogP) is 7.31. The van der Waals surface area contributed by atoms with Crippen molar-refractivity contribution in [1.82, 2.24) is 4.98 Å². The summed E-state index contributed by atoms with van der Waals surface area (Å²) in [4.78, 5) is 32.2. The molecule has 5 nitrogen and oxygen atoms in total. The molecule has 1 N–H and O–H groups in total. The molecular formula is C27H25ClN2O3S. The zero-order valence-corrected chi connectivity index (χ0v) is 21.0. The third-order valence-electron chi connectivity index (χ3n) is 5.44. The Bertz CT molecular complexity index is 1380. The van der Waals surface area contributed by atoms with Crippen molar-refractivity contribution in [3.63, 3.8) is 0 Å². The molecule has 174 valence electrons. The van der Waals surface area contributed by atoms with Crippen LogP contribution in [-0.2, 0) is 11.2 Å². The first-order valence-electron chi connectivity index (χ1n) is 11.1. The predicted molar refractivity (Wildman–Crippen MR) is 139 cm³/mol. The molecule has 0 unspecified atom stereocenters. The van der Waals surface area contributed by atoms with Gasteiger partial charge in [0.2, 0.25) is 0 Å². The Labute approximate surface area is 207 Å². The lowest BCUT2D eigenvalue weighted by Gasteiger charge is -2.13. The molecule has 0 bridgehead atoms. The van der Waals surface area contributed by atoms with Gasteiger partial charge in [0.15, 0.2) is 0 Å². The lowest BCUT2D eigenvalue weighted by molar-refractivity contribution is 0.0378. The van der Waals surface area contributed by atoms with E-state index in [9.17, 15) is 9.59 Å². The molecule has 7 heteroatoms. The molecule has 4 rings (SSSR count). The van der Waals surface area contributed by atoms with Gasteiger partial charge in [0.05, 0.1) is 28.4 Å². The number of nitrogens with zero attached hydrogens (tertiary/aromatic N) is 1. The highest BCUT2D eigenvalue weighted by molar-refractivity contribution is 7.16. The van der Waals surface area contributed by atoms with Crippen LogP contribution in [0.25, 0.3) is 22.2 Å². The Kier molecular flexibility index (Phi) is 7.00. The zero-order chi connectivity index (χ0) is 24.4. The molecule has 0 atom stereocenters. The van der Waals surface area contributed by atoms with Gasteiger partial charge in [-0.3, -0.25) is 4.79 Å². The summed E-state index contributed by atoms with van der Waals surface area (Å²) in [5.74, 6) is -0.732. The molecular weight excluding hydrogens is 468 g/mol. The Morgan fingerprint density at radius 3 is 2.50 bits per heavy atom. The number of esters is 1. The molecule has 0 saturated heterocycles. The van der Waals surface area contributed by atoms with Crippen molar-refractivity contribution in [3.05, 3.63) is 81.2 Å². The quantitative estimate of drug-likeness (QED) is 0.286. The van der Waals surface area contributed by atoms with E-state index in [1.165, 1.54) is 11.3 Å². The average Bonchev–Trinajstić information content (AvgIpc) is 3.12. The summed E-state index contributed by atoms with van der Waals surface area (Å²) in [7, 11) is 0. The van der Waals surface area contributed by atoms with Gasteiger partial charge in [-0.25, -0.2) is 9.78 Å². The van der Waals surface area contributed by atoms with E-state index in [0.717, 1.165) is 21.4 Å². The third kappa shape index (κ3) is 4.83. The fraction of sp³-hybridized carbons (Fsp3) is 0.222. The van der Waals surface area contributed by atoms with E-state index in [2.05, 4.69) is 5.32 Å². The van der Waals surface area contributed by atoms with E-state index in [1.54, 1.807) is 18.2 Å². The molecule has 4 aromatic rings. The van der Waals surface area contributed by atoms with Crippen LogP contribution in [0.4, 0.5) is 5.00 Å². The summed E-state index contributed by atoms with van der Waals surface area (Å²) < 4.78 is 5.47. The number of carbonyl (C=O) groups is 2. The van der Waals surface area contributed by atoms with E-state index >= 15 is 0 Å². The minimum atomic E-state index is -0.423. The molecule has 0 spiro atoms. The third-order valence-corrected chi connectivity index (χ3v) is 6.75. The van der Waals surface area contributed by atoms with Crippen molar-refractivity contribution < 1.29 is 14.3 Å². The van der Waals surface area contributed by atoms with Crippen LogP contribution in [0.2, 0.25) is 5.02 Å². The number of para-hydroxylation sites is 1. The molecule has 0 aliphatic heterocycles. The number of rotatable bonds is 6. The van der Waals surface area contributed by atoms with E-state index in [0.29, 0.717) is 38.8 Å². The summed E-state index contributed by atoms with van der Waals surface area (Å²) in [6, 6.07) is 16.6. The van der Waals surface area contributed by atoms with Crippen molar-refractivity contribution in [2.75, 3.05) is 5.32 Å². The summed E-state index contributed by atoms with van der Waals surface area (Å²) in [5.41, 5.74) is 4.02. The fourth-order valence-electron chi connectivity index (χ4n) is 3.88. The summed E-state index contributed by atoms with van der Waals surface area (Å²) in [6.45, 7) is 7.55. The summed E-state index contributed by atoms with van der Waals surface area (Å²) in [5, 5.41) is 4.84. The van der Waals surface area contributed by atoms with Gasteiger partial charge < -0.3 is 10.1 Å². The minimum Gasteiger partial charge on any atom is -0.459 e. The lowest BCUT2D eigenvalue weighted by Crippen LogP contribution is -2.17. The molecule has 0 fully saturated rings. The Morgan fingerprint density at radius 1 is 1.12 bits per heavy atom. The Hall–Kier alpha value is -3.22. The van der Waals surface area contributed by atoms with Crippen molar-refractivity contribution in [2.24, 2.45) is 0 Å². The van der Waals surface area contributed by atoms with E-state index < -0.39 is 5.97 Å². The molecule has 2 heterocycles. The molecule has 2 aromatic carbocycles. The van der Waals surface area contributed by atoms with Crippen LogP contribution in [-0.4, -0.2) is 23.0 Å². The van der Waals surface area contributed by atoms with Crippen LogP contribution in [0.15, 0.2) is 54.6 Å². The second kappa shape index (κ2) is 9.95. The number of pyridine rings is 1. The highest BCUT2D eigenvalue weighted by Crippen LogP contribution is 2.35. The lowest BCUT2D eigenvalue weighted by atomic mass is 10.0. The maximum Gasteiger partial charge on any atom is 0.341 e. The number of halogens is 1. The largest absolute Gasteiger partial charge is 0.459 e. The van der Waals surface area contributed by atoms with Crippen LogP contribution < -0.4 is 5.32 Å². The fourth-order valence-corrected chi connectivity index (χ4v) is 5.14. The zero-order valence-electron chi connectivity index (χ0n) is 19.4. The monoisotopic (exact) mass is 492 g/mol. The number of thiophene rings is 1. The standard InChI is InChI=1S/C27H25ClN2O3S/c1-5-19-16(4)34-26(24(19)27(32)33-15(2)3)30-25(31)21-14-23(17-10-12-18(28)13-11-17)29-22-9-7-6-8-20(21)22/h6-15H,5H2,1-4H3,(H,30,31). The van der Waals surface area contributed by atoms with E-state index in [4.69, 9.17) is 21.3 Å². The highest BCUT2D eigenvalue weighted by atomic mass is 35.5. The molecule has 34 heavy (non-hydrogen) atoms. The van der Waals surface area contributed by atoms with Crippen LogP contribution in [0, 0.1) is 6.92 Å². The minimum absolute atomic E-state index is 0.257. The molecule has 1 amide bonds. The molecule has 2 aromatic heterocycles. The number of aromatic nitrogens is 1. The summed E-state index contributed by atoms with van der Waals surface area (Å²) >= 11 is 7.43. The average molecular weight is 493 g/mol. The normalized spacial score (nSPS) is 11.1. The van der Waals surface area contributed by atoms with E-state index in [1.807, 2.05) is 64.1 Å². The van der Waals surface area contributed by atoms with Gasteiger partial charge in [-0.05, 0) is 57.0 Å². The second-order valence-electron chi connectivity index (χ2n) is 8.18. The van der Waals surface area contributed by atoms with Crippen LogP contribution in [0.5, 0.6) is 0 Å². The number of nitrogens with one attached hydrogen (secondary N) is 1. The highest BCUT2D eigenvalue weighted by Gasteiger charge is 2.25. The van der Waals surface area contributed by atoms with Crippen LogP contribution in [0.3, 0.4) is 0 Å². The maximum absolute atomic E-state index is 13.6. The second-order valence-corrected chi connectivity index (χ2v) is 9.84. The number of hydrogen-bond acceptors (Lipinski definition) is 5. The van der Waals surface area contributed by atoms with Crippen molar-refractivity contribution in [1.29, 1.82) is 0 Å². The maximum atomic E-state index is 13.6. The van der Waals surface area contributed by atoms with Gasteiger partial charge >= 0.3 is 5.97 Å². The summed E-state index contributed by atoms with van der Waals surface area (Å²) in [6.07, 6.45) is 0.409. The van der Waals surface area contributed by atoms with Crippen LogP contribution in [0.1, 0.15) is 51.9 Å². The van der Waals surface area contributed by atoms with Gasteiger partial charge in [-0.15, -0.1) is 11.3 Å². The molecule has 0 saturated carbocycles. The molecule has 0 radical (unpaired) electrons.